The van der Waals surface area contributed by atoms with E-state index in [-0.39, 0.29) is 42.3 Å². The molecule has 0 saturated heterocycles. The van der Waals surface area contributed by atoms with Crippen LogP contribution in [0.5, 0.6) is 0 Å². The minimum atomic E-state index is 0. The molecule has 0 aliphatic rings. The van der Waals surface area contributed by atoms with Crippen molar-refractivity contribution in [3.63, 3.8) is 0 Å². The van der Waals surface area contributed by atoms with Crippen LogP contribution in [0, 0.1) is 0 Å². The van der Waals surface area contributed by atoms with E-state index in [1.165, 1.54) is 0 Å². The van der Waals surface area contributed by atoms with E-state index in [9.17, 15) is 0 Å². The summed E-state index contributed by atoms with van der Waals surface area (Å²) in [6.07, 6.45) is 0. The van der Waals surface area contributed by atoms with Gasteiger partial charge in [-0.2, -0.15) is 0 Å². The van der Waals surface area contributed by atoms with Crippen molar-refractivity contribution in [2.24, 2.45) is 0 Å². The molecular formula is C2H10NNaO. The fraction of sp³-hybridized carbons (Fsp3) is 1.00. The summed E-state index contributed by atoms with van der Waals surface area (Å²) in [5.41, 5.74) is 0. The van der Waals surface area contributed by atoms with Crippen molar-refractivity contribution in [1.82, 2.24) is 6.15 Å². The van der Waals surface area contributed by atoms with Crippen LogP contribution in [0.1, 0.15) is 6.92 Å². The molecule has 2 nitrogen and oxygen atoms in total. The van der Waals surface area contributed by atoms with Crippen LogP contribution in [0.3, 0.4) is 0 Å². The Morgan fingerprint density at radius 2 is 1.60 bits per heavy atom. The minimum absolute atomic E-state index is 0. The van der Waals surface area contributed by atoms with Crippen molar-refractivity contribution in [1.29, 1.82) is 0 Å². The summed E-state index contributed by atoms with van der Waals surface area (Å²) in [4.78, 5) is 0. The standard InChI is InChI=1S/C2H6O.H3N.Na.H/c1-2-3;;;/h3H,2H2,1H3;1H3;;. The Morgan fingerprint density at radius 3 is 1.60 bits per heavy atom. The van der Waals surface area contributed by atoms with Gasteiger partial charge in [-0.1, -0.05) is 0 Å². The molecule has 0 amide bonds. The van der Waals surface area contributed by atoms with Gasteiger partial charge in [0, 0.05) is 6.61 Å². The Hall–Kier alpha value is 0.920. The van der Waals surface area contributed by atoms with Crippen molar-refractivity contribution in [3.8, 4) is 0 Å². The maximum absolute atomic E-state index is 7.57. The van der Waals surface area contributed by atoms with Crippen LogP contribution in [0.15, 0.2) is 0 Å². The number of aliphatic hydroxyl groups is 1. The Labute approximate surface area is 54.4 Å². The SMILES string of the molecule is CCO.N.[NaH]. The van der Waals surface area contributed by atoms with Crippen LogP contribution in [0.4, 0.5) is 0 Å². The number of rotatable bonds is 0. The van der Waals surface area contributed by atoms with Crippen LogP contribution in [-0.4, -0.2) is 41.3 Å². The maximum atomic E-state index is 7.57. The summed E-state index contributed by atoms with van der Waals surface area (Å²) in [5.74, 6) is 0. The topological polar surface area (TPSA) is 55.2 Å². The number of hydrogen-bond acceptors (Lipinski definition) is 2. The second kappa shape index (κ2) is 20.5. The molecule has 0 unspecified atom stereocenters. The zero-order valence-corrected chi connectivity index (χ0v) is 2.86. The van der Waals surface area contributed by atoms with Gasteiger partial charge < -0.3 is 11.3 Å². The summed E-state index contributed by atoms with van der Waals surface area (Å²) in [5, 5.41) is 7.57. The molecule has 0 heterocycles. The third-order valence-electron chi connectivity index (χ3n) is 0. The first-order valence-electron chi connectivity index (χ1n) is 1.02. The number of hydrogen-bond donors (Lipinski definition) is 2. The van der Waals surface area contributed by atoms with Crippen LogP contribution < -0.4 is 6.15 Å². The van der Waals surface area contributed by atoms with E-state index in [4.69, 9.17) is 5.11 Å². The van der Waals surface area contributed by atoms with Gasteiger partial charge in [0.15, 0.2) is 0 Å². The molecule has 0 rings (SSSR count). The van der Waals surface area contributed by atoms with E-state index >= 15 is 0 Å². The summed E-state index contributed by atoms with van der Waals surface area (Å²) in [6, 6.07) is 0. The van der Waals surface area contributed by atoms with Crippen LogP contribution in [0.25, 0.3) is 0 Å². The molecule has 5 heavy (non-hydrogen) atoms. The van der Waals surface area contributed by atoms with Gasteiger partial charge in [-0.05, 0) is 6.92 Å². The fourth-order valence-corrected chi connectivity index (χ4v) is 0. The number of aliphatic hydroxyl groups excluding tert-OH is 1. The third-order valence-corrected chi connectivity index (χ3v) is 0. The van der Waals surface area contributed by atoms with Gasteiger partial charge in [0.05, 0.1) is 0 Å². The van der Waals surface area contributed by atoms with E-state index in [0.717, 1.165) is 0 Å². The molecule has 4 N–H and O–H groups in total. The van der Waals surface area contributed by atoms with Gasteiger partial charge in [0.2, 0.25) is 0 Å². The molecule has 0 radical (unpaired) electrons. The van der Waals surface area contributed by atoms with Crippen LogP contribution in [0.2, 0.25) is 0 Å². The molecule has 3 heteroatoms. The Bertz CT molecular complexity index is 9.61. The van der Waals surface area contributed by atoms with Gasteiger partial charge in [-0.3, -0.25) is 0 Å². The molecule has 30 valence electrons. The van der Waals surface area contributed by atoms with Crippen molar-refractivity contribution in [2.75, 3.05) is 6.61 Å². The monoisotopic (exact) mass is 87.1 g/mol. The van der Waals surface area contributed by atoms with Crippen molar-refractivity contribution in [2.45, 2.75) is 6.92 Å². The molecule has 0 spiro atoms. The van der Waals surface area contributed by atoms with Gasteiger partial charge in [0.25, 0.3) is 0 Å². The van der Waals surface area contributed by atoms with Crippen molar-refractivity contribution >= 4 is 29.6 Å². The Balaban J connectivity index is -0.0000000200. The average molecular weight is 87.1 g/mol. The van der Waals surface area contributed by atoms with Gasteiger partial charge in [-0.25, -0.2) is 0 Å². The predicted molar refractivity (Wildman–Crippen MR) is 24.9 cm³/mol. The molecule has 0 bridgehead atoms. The predicted octanol–water partition coefficient (Wildman–Crippen LogP) is -0.488. The Kier molecular flexibility index (Phi) is 68.9. The molecule has 0 fully saturated rings. The van der Waals surface area contributed by atoms with Crippen molar-refractivity contribution < 1.29 is 5.11 Å². The zero-order chi connectivity index (χ0) is 2.71. The van der Waals surface area contributed by atoms with Gasteiger partial charge in [0.1, 0.15) is 0 Å². The molecular weight excluding hydrogens is 77.0 g/mol. The van der Waals surface area contributed by atoms with Crippen LogP contribution >= 0.6 is 0 Å². The Morgan fingerprint density at radius 1 is 1.60 bits per heavy atom. The fourth-order valence-electron chi connectivity index (χ4n) is 0. The molecule has 0 aliphatic heterocycles. The summed E-state index contributed by atoms with van der Waals surface area (Å²) >= 11 is 0. The first-order chi connectivity index (χ1) is 1.41. The van der Waals surface area contributed by atoms with E-state index in [2.05, 4.69) is 0 Å². The van der Waals surface area contributed by atoms with E-state index in [1.807, 2.05) is 0 Å². The van der Waals surface area contributed by atoms with E-state index in [1.54, 1.807) is 6.92 Å². The van der Waals surface area contributed by atoms with Gasteiger partial charge in [-0.15, -0.1) is 0 Å². The molecule has 0 atom stereocenters. The van der Waals surface area contributed by atoms with Crippen molar-refractivity contribution in [3.05, 3.63) is 0 Å². The van der Waals surface area contributed by atoms with E-state index < -0.39 is 0 Å². The third kappa shape index (κ3) is 49.6. The summed E-state index contributed by atoms with van der Waals surface area (Å²) in [7, 11) is 0. The molecule has 0 aromatic heterocycles. The van der Waals surface area contributed by atoms with Gasteiger partial charge >= 0.3 is 29.6 Å². The first-order valence-corrected chi connectivity index (χ1v) is 1.02. The molecule has 0 aliphatic carbocycles. The average Bonchev–Trinajstić information content (AvgIpc) is 0.918. The second-order valence-electron chi connectivity index (χ2n) is 0.316. The quantitative estimate of drug-likeness (QED) is 0.392. The molecule has 0 saturated carbocycles. The van der Waals surface area contributed by atoms with E-state index in [0.29, 0.717) is 0 Å². The summed E-state index contributed by atoms with van der Waals surface area (Å²) in [6.45, 7) is 1.93. The molecule has 0 aromatic rings. The summed E-state index contributed by atoms with van der Waals surface area (Å²) < 4.78 is 0. The first kappa shape index (κ1) is 16.8. The normalized spacial score (nSPS) is 3.60. The zero-order valence-electron chi connectivity index (χ0n) is 2.86. The molecule has 0 aromatic carbocycles. The van der Waals surface area contributed by atoms with Crippen LogP contribution in [-0.2, 0) is 0 Å². The second-order valence-corrected chi connectivity index (χ2v) is 0.316.